The number of rotatable bonds is 6. The van der Waals surface area contributed by atoms with Crippen molar-refractivity contribution in [3.05, 3.63) is 60.1 Å². The highest BCUT2D eigenvalue weighted by molar-refractivity contribution is 5.94. The van der Waals surface area contributed by atoms with E-state index in [2.05, 4.69) is 10.1 Å². The van der Waals surface area contributed by atoms with Crippen LogP contribution in [0.4, 0.5) is 13.2 Å². The van der Waals surface area contributed by atoms with Gasteiger partial charge in [0.05, 0.1) is 6.26 Å². The van der Waals surface area contributed by atoms with Crippen LogP contribution in [0, 0.1) is 5.92 Å². The molecule has 1 fully saturated rings. The third-order valence-corrected chi connectivity index (χ3v) is 4.76. The Kier molecular flexibility index (Phi) is 6.81. The summed E-state index contributed by atoms with van der Waals surface area (Å²) in [5.74, 6) is -0.000443. The van der Waals surface area contributed by atoms with Gasteiger partial charge >= 0.3 is 6.36 Å². The Morgan fingerprint density at radius 1 is 1.17 bits per heavy atom. The topological polar surface area (TPSA) is 71.8 Å². The summed E-state index contributed by atoms with van der Waals surface area (Å²) >= 11 is 0. The van der Waals surface area contributed by atoms with Crippen LogP contribution < -0.4 is 10.1 Å². The monoisotopic (exact) mass is 422 g/mol. The first-order valence-corrected chi connectivity index (χ1v) is 9.45. The Labute approximate surface area is 171 Å². The maximum absolute atomic E-state index is 12.2. The summed E-state index contributed by atoms with van der Waals surface area (Å²) in [6.07, 6.45) is 1.37. The van der Waals surface area contributed by atoms with Crippen molar-refractivity contribution in [2.45, 2.75) is 19.2 Å². The molecule has 6 nitrogen and oxygen atoms in total. The second-order valence-electron chi connectivity index (χ2n) is 6.90. The molecule has 0 aliphatic carbocycles. The number of amides is 2. The lowest BCUT2D eigenvalue weighted by molar-refractivity contribution is -0.274. The number of nitrogens with zero attached hydrogens (tertiary/aromatic N) is 1. The minimum Gasteiger partial charge on any atom is -0.465 e. The highest BCUT2D eigenvalue weighted by Gasteiger charge is 2.31. The number of carbonyl (C=O) groups excluding carboxylic acids is 2. The molecule has 0 bridgehead atoms. The van der Waals surface area contributed by atoms with Gasteiger partial charge < -0.3 is 19.4 Å². The predicted molar refractivity (Wildman–Crippen MR) is 103 cm³/mol. The van der Waals surface area contributed by atoms with E-state index in [1.54, 1.807) is 23.1 Å². The zero-order valence-corrected chi connectivity index (χ0v) is 16.0. The molecule has 0 atom stereocenters. The molecule has 9 heteroatoms. The zero-order valence-electron chi connectivity index (χ0n) is 16.0. The Morgan fingerprint density at radius 3 is 2.47 bits per heavy atom. The molecule has 1 saturated heterocycles. The van der Waals surface area contributed by atoms with Gasteiger partial charge in [-0.25, -0.2) is 0 Å². The minimum absolute atomic E-state index is 0.0879. The number of halogens is 3. The number of benzene rings is 1. The van der Waals surface area contributed by atoms with Crippen molar-refractivity contribution < 1.29 is 31.9 Å². The van der Waals surface area contributed by atoms with Gasteiger partial charge in [0.25, 0.3) is 5.91 Å². The van der Waals surface area contributed by atoms with Crippen LogP contribution in [-0.2, 0) is 4.79 Å². The van der Waals surface area contributed by atoms with Crippen molar-refractivity contribution in [2.75, 3.05) is 19.6 Å². The van der Waals surface area contributed by atoms with Crippen molar-refractivity contribution in [2.24, 2.45) is 5.92 Å². The Balaban J connectivity index is 1.41. The van der Waals surface area contributed by atoms with Gasteiger partial charge in [-0.15, -0.1) is 13.2 Å². The molecule has 1 aliphatic heterocycles. The second-order valence-corrected chi connectivity index (χ2v) is 6.90. The summed E-state index contributed by atoms with van der Waals surface area (Å²) in [6, 6.07) is 8.27. The summed E-state index contributed by atoms with van der Waals surface area (Å²) in [7, 11) is 0. The highest BCUT2D eigenvalue weighted by atomic mass is 19.4. The van der Waals surface area contributed by atoms with Gasteiger partial charge in [-0.05, 0) is 61.2 Å². The molecular formula is C21H21F3N2O4. The first kappa shape index (κ1) is 21.5. The summed E-state index contributed by atoms with van der Waals surface area (Å²) in [5.41, 5.74) is 0.250. The van der Waals surface area contributed by atoms with Crippen molar-refractivity contribution in [1.29, 1.82) is 0 Å². The first-order valence-electron chi connectivity index (χ1n) is 9.45. The zero-order chi connectivity index (χ0) is 21.6. The fraction of sp³-hybridized carbons (Fsp3) is 0.333. The smallest absolute Gasteiger partial charge is 0.465 e. The molecular weight excluding hydrogens is 401 g/mol. The van der Waals surface area contributed by atoms with Gasteiger partial charge in [0.2, 0.25) is 5.91 Å². The number of furan rings is 1. The van der Waals surface area contributed by atoms with Crippen LogP contribution in [0.15, 0.2) is 53.2 Å². The summed E-state index contributed by atoms with van der Waals surface area (Å²) in [4.78, 5) is 26.2. The van der Waals surface area contributed by atoms with Crippen LogP contribution in [0.25, 0.3) is 6.08 Å². The molecule has 1 aliphatic rings. The van der Waals surface area contributed by atoms with Crippen LogP contribution in [-0.4, -0.2) is 42.7 Å². The largest absolute Gasteiger partial charge is 0.573 e. The van der Waals surface area contributed by atoms with E-state index in [4.69, 9.17) is 4.42 Å². The number of hydrogen-bond donors (Lipinski definition) is 1. The summed E-state index contributed by atoms with van der Waals surface area (Å²) < 4.78 is 45.5. The summed E-state index contributed by atoms with van der Waals surface area (Å²) in [5, 5.41) is 2.79. The number of hydrogen-bond acceptors (Lipinski definition) is 4. The van der Waals surface area contributed by atoms with Crippen LogP contribution in [0.5, 0.6) is 5.75 Å². The van der Waals surface area contributed by atoms with Gasteiger partial charge in [0, 0.05) is 31.3 Å². The molecule has 2 amide bonds. The quantitative estimate of drug-likeness (QED) is 0.718. The molecule has 3 rings (SSSR count). The van der Waals surface area contributed by atoms with E-state index in [0.717, 1.165) is 25.0 Å². The number of nitrogens with one attached hydrogen (secondary N) is 1. The van der Waals surface area contributed by atoms with E-state index in [9.17, 15) is 22.8 Å². The third kappa shape index (κ3) is 6.40. The van der Waals surface area contributed by atoms with Crippen LogP contribution >= 0.6 is 0 Å². The third-order valence-electron chi connectivity index (χ3n) is 4.76. The fourth-order valence-corrected chi connectivity index (χ4v) is 3.15. The maximum Gasteiger partial charge on any atom is 0.573 e. The van der Waals surface area contributed by atoms with E-state index < -0.39 is 6.36 Å². The molecule has 1 N–H and O–H groups in total. The molecule has 1 aromatic heterocycles. The molecule has 1 aromatic carbocycles. The van der Waals surface area contributed by atoms with Crippen molar-refractivity contribution >= 4 is 17.9 Å². The molecule has 30 heavy (non-hydrogen) atoms. The molecule has 0 radical (unpaired) electrons. The number of piperidine rings is 1. The average Bonchev–Trinajstić information content (AvgIpc) is 3.23. The lowest BCUT2D eigenvalue weighted by Crippen LogP contribution is -2.40. The SMILES string of the molecule is O=C(NCC1CCN(C(=O)C=Cc2ccco2)CC1)c1ccc(OC(F)(F)F)cc1. The Morgan fingerprint density at radius 2 is 1.87 bits per heavy atom. The van der Waals surface area contributed by atoms with Gasteiger partial charge in [0.15, 0.2) is 0 Å². The standard InChI is InChI=1S/C21H21F3N2O4/c22-21(23,24)30-18-5-3-16(4-6-18)20(28)25-14-15-9-11-26(12-10-15)19(27)8-7-17-2-1-13-29-17/h1-8,13,15H,9-12,14H2,(H,25,28). The van der Waals surface area contributed by atoms with E-state index in [-0.39, 0.29) is 29.0 Å². The molecule has 160 valence electrons. The number of likely N-dealkylation sites (tertiary alicyclic amines) is 1. The van der Waals surface area contributed by atoms with Crippen LogP contribution in [0.1, 0.15) is 29.0 Å². The Bertz CT molecular complexity index is 869. The molecule has 0 spiro atoms. The fourth-order valence-electron chi connectivity index (χ4n) is 3.15. The molecule has 0 saturated carbocycles. The normalized spacial score (nSPS) is 15.4. The van der Waals surface area contributed by atoms with Gasteiger partial charge in [0.1, 0.15) is 11.5 Å². The second kappa shape index (κ2) is 9.51. The number of alkyl halides is 3. The maximum atomic E-state index is 12.2. The van der Waals surface area contributed by atoms with E-state index in [0.29, 0.717) is 25.4 Å². The van der Waals surface area contributed by atoms with Crippen LogP contribution in [0.3, 0.4) is 0 Å². The molecule has 2 aromatic rings. The van der Waals surface area contributed by atoms with E-state index >= 15 is 0 Å². The number of carbonyl (C=O) groups is 2. The van der Waals surface area contributed by atoms with Crippen molar-refractivity contribution in [3.8, 4) is 5.75 Å². The van der Waals surface area contributed by atoms with E-state index in [1.807, 2.05) is 0 Å². The number of ether oxygens (including phenoxy) is 1. The first-order chi connectivity index (χ1) is 14.3. The van der Waals surface area contributed by atoms with Gasteiger partial charge in [-0.1, -0.05) is 0 Å². The average molecular weight is 422 g/mol. The minimum atomic E-state index is -4.77. The summed E-state index contributed by atoms with van der Waals surface area (Å²) in [6.45, 7) is 1.61. The highest BCUT2D eigenvalue weighted by Crippen LogP contribution is 2.23. The van der Waals surface area contributed by atoms with Crippen molar-refractivity contribution in [3.63, 3.8) is 0 Å². The lowest BCUT2D eigenvalue weighted by Gasteiger charge is -2.31. The van der Waals surface area contributed by atoms with E-state index in [1.165, 1.54) is 24.5 Å². The van der Waals surface area contributed by atoms with Crippen molar-refractivity contribution in [1.82, 2.24) is 10.2 Å². The van der Waals surface area contributed by atoms with Crippen LogP contribution in [0.2, 0.25) is 0 Å². The van der Waals surface area contributed by atoms with Gasteiger partial charge in [-0.2, -0.15) is 0 Å². The van der Waals surface area contributed by atoms with Gasteiger partial charge in [-0.3, -0.25) is 9.59 Å². The molecule has 0 unspecified atom stereocenters. The predicted octanol–water partition coefficient (Wildman–Crippen LogP) is 3.86. The Hall–Kier alpha value is -3.23. The molecule has 2 heterocycles. The lowest BCUT2D eigenvalue weighted by atomic mass is 9.96.